The van der Waals surface area contributed by atoms with E-state index in [-0.39, 0.29) is 6.10 Å². The zero-order chi connectivity index (χ0) is 10.5. The smallest absolute Gasteiger partial charge is 0.309 e. The predicted molar refractivity (Wildman–Crippen MR) is 59.3 cm³/mol. The molecule has 0 N–H and O–H groups in total. The summed E-state index contributed by atoms with van der Waals surface area (Å²) in [6.45, 7) is 3.31. The van der Waals surface area contributed by atoms with E-state index in [0.717, 1.165) is 12.0 Å². The van der Waals surface area contributed by atoms with Crippen molar-refractivity contribution in [1.82, 2.24) is 0 Å². The average Bonchev–Trinajstić information content (AvgIpc) is 2.76. The quantitative estimate of drug-likeness (QED) is 0.737. The lowest BCUT2D eigenvalue weighted by atomic mass is 10.2. The molecule has 1 heterocycles. The van der Waals surface area contributed by atoms with Crippen molar-refractivity contribution in [3.05, 3.63) is 35.9 Å². The van der Waals surface area contributed by atoms with Gasteiger partial charge in [0.05, 0.1) is 19.3 Å². The standard InChI is InChI=1S/C11H15O3P/c1-2-11-9-13-15(14-11)12-8-10-6-4-3-5-7-10/h3-7,11H,2,8-9H2,1H3. The Kier molecular flexibility index (Phi) is 4.09. The molecule has 0 radical (unpaired) electrons. The molecule has 0 aliphatic carbocycles. The Hall–Kier alpha value is -0.470. The minimum absolute atomic E-state index is 0.215. The summed E-state index contributed by atoms with van der Waals surface area (Å²) < 4.78 is 16.5. The molecule has 3 nitrogen and oxygen atoms in total. The summed E-state index contributed by atoms with van der Waals surface area (Å²) in [5.41, 5.74) is 1.15. The lowest BCUT2D eigenvalue weighted by Gasteiger charge is -2.09. The van der Waals surface area contributed by atoms with Gasteiger partial charge in [-0.05, 0) is 12.0 Å². The number of hydrogen-bond acceptors (Lipinski definition) is 3. The van der Waals surface area contributed by atoms with Crippen LogP contribution in [0.25, 0.3) is 0 Å². The van der Waals surface area contributed by atoms with E-state index in [1.54, 1.807) is 0 Å². The fraction of sp³-hybridized carbons (Fsp3) is 0.455. The first kappa shape index (κ1) is 11.0. The molecule has 1 aromatic carbocycles. The van der Waals surface area contributed by atoms with Crippen molar-refractivity contribution in [2.75, 3.05) is 6.61 Å². The first-order valence-electron chi connectivity index (χ1n) is 5.15. The molecule has 0 spiro atoms. The van der Waals surface area contributed by atoms with Gasteiger partial charge in [-0.25, -0.2) is 0 Å². The number of benzene rings is 1. The lowest BCUT2D eigenvalue weighted by molar-refractivity contribution is 0.206. The molecule has 0 aromatic heterocycles. The van der Waals surface area contributed by atoms with Crippen molar-refractivity contribution in [3.63, 3.8) is 0 Å². The van der Waals surface area contributed by atoms with Crippen molar-refractivity contribution in [1.29, 1.82) is 0 Å². The highest BCUT2D eigenvalue weighted by Crippen LogP contribution is 2.47. The molecular weight excluding hydrogens is 211 g/mol. The monoisotopic (exact) mass is 226 g/mol. The Bertz CT molecular complexity index is 291. The summed E-state index contributed by atoms with van der Waals surface area (Å²) in [6, 6.07) is 10.0. The van der Waals surface area contributed by atoms with Crippen molar-refractivity contribution < 1.29 is 13.6 Å². The van der Waals surface area contributed by atoms with Crippen molar-refractivity contribution in [2.45, 2.75) is 26.1 Å². The average molecular weight is 226 g/mol. The van der Waals surface area contributed by atoms with Crippen LogP contribution in [0.5, 0.6) is 0 Å². The summed E-state index contributed by atoms with van der Waals surface area (Å²) in [5, 5.41) is 0. The van der Waals surface area contributed by atoms with Crippen LogP contribution in [0.15, 0.2) is 30.3 Å². The second-order valence-electron chi connectivity index (χ2n) is 3.41. The Labute approximate surface area is 91.4 Å². The van der Waals surface area contributed by atoms with Gasteiger partial charge in [-0.2, -0.15) is 0 Å². The maximum Gasteiger partial charge on any atom is 0.333 e. The fourth-order valence-corrected chi connectivity index (χ4v) is 2.48. The highest BCUT2D eigenvalue weighted by molar-refractivity contribution is 7.41. The Balaban J connectivity index is 1.75. The van der Waals surface area contributed by atoms with Gasteiger partial charge < -0.3 is 13.6 Å². The Morgan fingerprint density at radius 2 is 2.20 bits per heavy atom. The van der Waals surface area contributed by atoms with Gasteiger partial charge in [0.2, 0.25) is 0 Å². The molecule has 0 bridgehead atoms. The van der Waals surface area contributed by atoms with Crippen LogP contribution in [0.1, 0.15) is 18.9 Å². The molecule has 82 valence electrons. The Morgan fingerprint density at radius 1 is 1.40 bits per heavy atom. The first-order chi connectivity index (χ1) is 7.38. The van der Waals surface area contributed by atoms with Crippen LogP contribution in [0.2, 0.25) is 0 Å². The molecule has 0 amide bonds. The van der Waals surface area contributed by atoms with Gasteiger partial charge in [-0.1, -0.05) is 37.3 Å². The predicted octanol–water partition coefficient (Wildman–Crippen LogP) is 3.26. The van der Waals surface area contributed by atoms with Crippen LogP contribution in [0.4, 0.5) is 0 Å². The van der Waals surface area contributed by atoms with E-state index >= 15 is 0 Å². The van der Waals surface area contributed by atoms with Crippen molar-refractivity contribution >= 4 is 8.60 Å². The third-order valence-corrected chi connectivity index (χ3v) is 3.41. The van der Waals surface area contributed by atoms with Crippen LogP contribution < -0.4 is 0 Å². The summed E-state index contributed by atoms with van der Waals surface area (Å²) in [5.74, 6) is 0. The molecule has 2 atom stereocenters. The third kappa shape index (κ3) is 3.25. The van der Waals surface area contributed by atoms with Crippen LogP contribution in [0.3, 0.4) is 0 Å². The normalized spacial score (nSPS) is 25.7. The number of hydrogen-bond donors (Lipinski definition) is 0. The summed E-state index contributed by atoms with van der Waals surface area (Å²) in [6.07, 6.45) is 1.19. The maximum absolute atomic E-state index is 5.55. The molecule has 2 unspecified atom stereocenters. The van der Waals surface area contributed by atoms with Gasteiger partial charge in [0.25, 0.3) is 0 Å². The highest BCUT2D eigenvalue weighted by Gasteiger charge is 2.27. The molecule has 1 aliphatic rings. The van der Waals surface area contributed by atoms with Crippen molar-refractivity contribution in [3.8, 4) is 0 Å². The van der Waals surface area contributed by atoms with Gasteiger partial charge in [-0.3, -0.25) is 0 Å². The third-order valence-electron chi connectivity index (χ3n) is 2.24. The minimum atomic E-state index is -1.11. The van der Waals surface area contributed by atoms with Gasteiger partial charge in [0, 0.05) is 0 Å². The minimum Gasteiger partial charge on any atom is -0.309 e. The molecule has 2 rings (SSSR count). The highest BCUT2D eigenvalue weighted by atomic mass is 31.2. The SMILES string of the molecule is CCC1COP(OCc2ccccc2)O1. The molecule has 1 saturated heterocycles. The van der Waals surface area contributed by atoms with Gasteiger partial charge in [0.15, 0.2) is 0 Å². The second-order valence-corrected chi connectivity index (χ2v) is 4.59. The molecule has 15 heavy (non-hydrogen) atoms. The Morgan fingerprint density at radius 3 is 2.87 bits per heavy atom. The number of rotatable bonds is 4. The molecule has 1 aliphatic heterocycles. The van der Waals surface area contributed by atoms with Crippen molar-refractivity contribution in [2.24, 2.45) is 0 Å². The molecule has 4 heteroatoms. The van der Waals surface area contributed by atoms with E-state index in [9.17, 15) is 0 Å². The topological polar surface area (TPSA) is 27.7 Å². The van der Waals surface area contributed by atoms with Crippen LogP contribution in [0, 0.1) is 0 Å². The van der Waals surface area contributed by atoms with E-state index in [1.807, 2.05) is 30.3 Å². The van der Waals surface area contributed by atoms with Crippen LogP contribution in [-0.4, -0.2) is 12.7 Å². The zero-order valence-electron chi connectivity index (χ0n) is 8.76. The second kappa shape index (κ2) is 5.57. The summed E-state index contributed by atoms with van der Waals surface area (Å²) in [4.78, 5) is 0. The molecule has 0 saturated carbocycles. The van der Waals surface area contributed by atoms with E-state index in [0.29, 0.717) is 13.2 Å². The van der Waals surface area contributed by atoms with E-state index < -0.39 is 8.60 Å². The summed E-state index contributed by atoms with van der Waals surface area (Å²) >= 11 is 0. The van der Waals surface area contributed by atoms with Crippen LogP contribution >= 0.6 is 8.60 Å². The first-order valence-corrected chi connectivity index (χ1v) is 6.24. The summed E-state index contributed by atoms with van der Waals surface area (Å²) in [7, 11) is -1.11. The van der Waals surface area contributed by atoms with Gasteiger partial charge in [-0.15, -0.1) is 0 Å². The lowest BCUT2D eigenvalue weighted by Crippen LogP contribution is -2.05. The fourth-order valence-electron chi connectivity index (χ4n) is 1.29. The van der Waals surface area contributed by atoms with Crippen LogP contribution in [-0.2, 0) is 20.2 Å². The zero-order valence-corrected chi connectivity index (χ0v) is 9.65. The molecule has 1 aromatic rings. The van der Waals surface area contributed by atoms with E-state index in [2.05, 4.69) is 6.92 Å². The maximum atomic E-state index is 5.55. The largest absolute Gasteiger partial charge is 0.333 e. The van der Waals surface area contributed by atoms with E-state index in [4.69, 9.17) is 13.6 Å². The van der Waals surface area contributed by atoms with Gasteiger partial charge in [0.1, 0.15) is 0 Å². The molecular formula is C11H15O3P. The van der Waals surface area contributed by atoms with E-state index in [1.165, 1.54) is 0 Å². The molecule has 1 fully saturated rings. The van der Waals surface area contributed by atoms with Gasteiger partial charge >= 0.3 is 8.60 Å².